The Morgan fingerprint density at radius 2 is 1.88 bits per heavy atom. The van der Waals surface area contributed by atoms with Crippen molar-refractivity contribution in [1.29, 1.82) is 0 Å². The van der Waals surface area contributed by atoms with Crippen LogP contribution in [0.25, 0.3) is 0 Å². The standard InChI is InChI=1S/C28H42O6/c1-16(2)19-14-20(29)25-24(26(19,4)12-11-22(31)32)21(30)15-28(6)18(10-13-27(25,28)5)17(3)8-9-23(33)34-7/h17-20,29H,1,8-15H2,2-7H3,(H,31,32). The van der Waals surface area contributed by atoms with Crippen LogP contribution in [0.4, 0.5) is 0 Å². The lowest BCUT2D eigenvalue weighted by atomic mass is 9.46. The average Bonchev–Trinajstić information content (AvgIpc) is 3.02. The number of carbonyl (C=O) groups excluding carboxylic acids is 2. The highest BCUT2D eigenvalue weighted by molar-refractivity contribution is 6.00. The molecule has 1 saturated carbocycles. The van der Waals surface area contributed by atoms with Crippen molar-refractivity contribution in [1.82, 2.24) is 0 Å². The minimum absolute atomic E-state index is 0.0262. The van der Waals surface area contributed by atoms with Crippen molar-refractivity contribution < 1.29 is 29.3 Å². The molecule has 0 heterocycles. The fourth-order valence-corrected chi connectivity index (χ4v) is 7.98. The lowest BCUT2D eigenvalue weighted by molar-refractivity contribution is -0.141. The topological polar surface area (TPSA) is 101 Å². The number of carboxylic acid groups (broad SMARTS) is 1. The van der Waals surface area contributed by atoms with Crippen LogP contribution >= 0.6 is 0 Å². The van der Waals surface area contributed by atoms with Gasteiger partial charge in [0.05, 0.1) is 13.2 Å². The number of allylic oxidation sites excluding steroid dienone is 2. The van der Waals surface area contributed by atoms with E-state index in [-0.39, 0.29) is 46.8 Å². The van der Waals surface area contributed by atoms with Gasteiger partial charge >= 0.3 is 11.9 Å². The number of hydrogen-bond acceptors (Lipinski definition) is 5. The van der Waals surface area contributed by atoms with Crippen LogP contribution in [0.5, 0.6) is 0 Å². The maximum Gasteiger partial charge on any atom is 0.305 e. The first-order chi connectivity index (χ1) is 15.7. The first kappa shape index (κ1) is 26.7. The number of rotatable bonds is 8. The number of ketones is 1. The van der Waals surface area contributed by atoms with E-state index in [1.807, 2.05) is 13.8 Å². The fraction of sp³-hybridized carbons (Fsp3) is 0.750. The number of Topliss-reactive ketones (excluding diaryl/α,β-unsaturated/α-hetero) is 1. The highest BCUT2D eigenvalue weighted by Crippen LogP contribution is 2.70. The second-order valence-electron chi connectivity index (χ2n) is 11.8. The normalized spacial score (nSPS) is 38.2. The van der Waals surface area contributed by atoms with Gasteiger partial charge in [0, 0.05) is 30.3 Å². The molecule has 0 aromatic heterocycles. The van der Waals surface area contributed by atoms with E-state index in [4.69, 9.17) is 4.74 Å². The molecule has 1 fully saturated rings. The van der Waals surface area contributed by atoms with Gasteiger partial charge in [0.15, 0.2) is 5.78 Å². The Bertz CT molecular complexity index is 918. The third kappa shape index (κ3) is 4.06. The summed E-state index contributed by atoms with van der Waals surface area (Å²) in [6.45, 7) is 14.6. The summed E-state index contributed by atoms with van der Waals surface area (Å²) in [5.41, 5.74) is 1.05. The predicted molar refractivity (Wildman–Crippen MR) is 130 cm³/mol. The van der Waals surface area contributed by atoms with Gasteiger partial charge in [0.1, 0.15) is 0 Å². The minimum atomic E-state index is -0.880. The van der Waals surface area contributed by atoms with E-state index in [1.165, 1.54) is 7.11 Å². The maximum atomic E-state index is 14.0. The predicted octanol–water partition coefficient (Wildman–Crippen LogP) is 5.10. The van der Waals surface area contributed by atoms with E-state index in [1.54, 1.807) is 0 Å². The Kier molecular flexibility index (Phi) is 7.25. The lowest BCUT2D eigenvalue weighted by Crippen LogP contribution is -2.54. The van der Waals surface area contributed by atoms with Gasteiger partial charge in [0.2, 0.25) is 0 Å². The maximum absolute atomic E-state index is 14.0. The van der Waals surface area contributed by atoms with Crippen molar-refractivity contribution in [3.8, 4) is 0 Å². The number of esters is 1. The Hall–Kier alpha value is -1.95. The van der Waals surface area contributed by atoms with E-state index in [0.29, 0.717) is 37.7 Å². The summed E-state index contributed by atoms with van der Waals surface area (Å²) in [6, 6.07) is 0. The molecule has 7 atom stereocenters. The van der Waals surface area contributed by atoms with Gasteiger partial charge in [0.25, 0.3) is 0 Å². The van der Waals surface area contributed by atoms with Crippen molar-refractivity contribution in [3.63, 3.8) is 0 Å². The van der Waals surface area contributed by atoms with E-state index < -0.39 is 17.5 Å². The van der Waals surface area contributed by atoms with Crippen molar-refractivity contribution in [2.24, 2.45) is 34.0 Å². The average molecular weight is 475 g/mol. The van der Waals surface area contributed by atoms with Crippen LogP contribution in [0.2, 0.25) is 0 Å². The highest BCUT2D eigenvalue weighted by atomic mass is 16.5. The molecule has 0 radical (unpaired) electrons. The van der Waals surface area contributed by atoms with E-state index >= 15 is 0 Å². The Balaban J connectivity index is 2.08. The number of fused-ring (bicyclic) bond motifs is 2. The number of hydrogen-bond donors (Lipinski definition) is 2. The molecule has 34 heavy (non-hydrogen) atoms. The molecule has 0 amide bonds. The van der Waals surface area contributed by atoms with Gasteiger partial charge < -0.3 is 14.9 Å². The van der Waals surface area contributed by atoms with Crippen LogP contribution in [-0.4, -0.2) is 41.1 Å². The molecule has 190 valence electrons. The minimum Gasteiger partial charge on any atom is -0.481 e. The molecule has 0 aromatic rings. The molecule has 3 aliphatic rings. The molecule has 2 N–H and O–H groups in total. The Morgan fingerprint density at radius 3 is 2.44 bits per heavy atom. The van der Waals surface area contributed by atoms with Gasteiger partial charge in [-0.05, 0) is 73.2 Å². The largest absolute Gasteiger partial charge is 0.481 e. The van der Waals surface area contributed by atoms with Crippen LogP contribution in [-0.2, 0) is 19.1 Å². The zero-order chi connectivity index (χ0) is 25.6. The molecule has 0 bridgehead atoms. The van der Waals surface area contributed by atoms with E-state index in [2.05, 4.69) is 27.4 Å². The van der Waals surface area contributed by atoms with E-state index in [0.717, 1.165) is 24.0 Å². The Labute approximate surface area is 203 Å². The van der Waals surface area contributed by atoms with Crippen LogP contribution in [0.3, 0.4) is 0 Å². The lowest BCUT2D eigenvalue weighted by Gasteiger charge is -2.58. The summed E-state index contributed by atoms with van der Waals surface area (Å²) >= 11 is 0. The van der Waals surface area contributed by atoms with Crippen LogP contribution in [0.1, 0.15) is 86.0 Å². The number of methoxy groups -OCH3 is 1. The molecule has 0 aliphatic heterocycles. The van der Waals surface area contributed by atoms with Gasteiger partial charge in [-0.2, -0.15) is 0 Å². The van der Waals surface area contributed by atoms with Crippen molar-refractivity contribution in [2.45, 2.75) is 92.1 Å². The summed E-state index contributed by atoms with van der Waals surface area (Å²) in [5, 5.41) is 20.9. The summed E-state index contributed by atoms with van der Waals surface area (Å²) in [6.07, 6.45) is 3.30. The molecule has 0 aromatic carbocycles. The number of carboxylic acids is 1. The molecule has 6 nitrogen and oxygen atoms in total. The number of aliphatic hydroxyl groups is 1. The second kappa shape index (κ2) is 9.25. The van der Waals surface area contributed by atoms with Gasteiger partial charge in [-0.25, -0.2) is 0 Å². The molecular weight excluding hydrogens is 432 g/mol. The second-order valence-corrected chi connectivity index (χ2v) is 11.8. The third-order valence-electron chi connectivity index (χ3n) is 10.0. The first-order valence-corrected chi connectivity index (χ1v) is 12.6. The van der Waals surface area contributed by atoms with Crippen LogP contribution < -0.4 is 0 Å². The first-order valence-electron chi connectivity index (χ1n) is 12.6. The van der Waals surface area contributed by atoms with Crippen molar-refractivity contribution in [3.05, 3.63) is 23.3 Å². The van der Waals surface area contributed by atoms with Crippen LogP contribution in [0, 0.1) is 34.0 Å². The zero-order valence-corrected chi connectivity index (χ0v) is 21.7. The Morgan fingerprint density at radius 1 is 1.24 bits per heavy atom. The molecular formula is C28H42O6. The molecule has 0 spiro atoms. The number of carbonyl (C=O) groups is 3. The third-order valence-corrected chi connectivity index (χ3v) is 10.0. The number of aliphatic hydroxyl groups excluding tert-OH is 1. The van der Waals surface area contributed by atoms with Gasteiger partial charge in [-0.1, -0.05) is 39.8 Å². The molecule has 3 rings (SSSR count). The number of ether oxygens (including phenoxy) is 1. The summed E-state index contributed by atoms with van der Waals surface area (Å²) in [4.78, 5) is 37.2. The summed E-state index contributed by atoms with van der Waals surface area (Å²) < 4.78 is 4.83. The van der Waals surface area contributed by atoms with Crippen LogP contribution in [0.15, 0.2) is 23.3 Å². The highest BCUT2D eigenvalue weighted by Gasteiger charge is 2.65. The molecule has 0 saturated heterocycles. The smallest absolute Gasteiger partial charge is 0.305 e. The fourth-order valence-electron chi connectivity index (χ4n) is 7.98. The molecule has 3 aliphatic carbocycles. The monoisotopic (exact) mass is 474 g/mol. The van der Waals surface area contributed by atoms with Gasteiger partial charge in [-0.3, -0.25) is 14.4 Å². The summed E-state index contributed by atoms with van der Waals surface area (Å²) in [5.74, 6) is -0.715. The quantitative estimate of drug-likeness (QED) is 0.375. The zero-order valence-electron chi connectivity index (χ0n) is 21.7. The van der Waals surface area contributed by atoms with Crippen molar-refractivity contribution >= 4 is 17.7 Å². The van der Waals surface area contributed by atoms with Gasteiger partial charge in [-0.15, -0.1) is 0 Å². The number of aliphatic carboxylic acids is 1. The van der Waals surface area contributed by atoms with E-state index in [9.17, 15) is 24.6 Å². The summed E-state index contributed by atoms with van der Waals surface area (Å²) in [7, 11) is 1.40. The molecule has 7 unspecified atom stereocenters. The van der Waals surface area contributed by atoms with Crippen molar-refractivity contribution in [2.75, 3.05) is 7.11 Å². The SMILES string of the molecule is C=C(C)C1CC(O)C2=C(C(=O)CC3(C)C(C(C)CCC(=O)OC)CCC23C)C1(C)CCC(=O)O. The molecule has 6 heteroatoms.